The van der Waals surface area contributed by atoms with Crippen molar-refractivity contribution >= 4 is 22.3 Å². The predicted octanol–water partition coefficient (Wildman–Crippen LogP) is 4.87. The van der Waals surface area contributed by atoms with E-state index in [-0.39, 0.29) is 0 Å². The molecule has 4 rings (SSSR count). The van der Waals surface area contributed by atoms with Gasteiger partial charge in [-0.3, -0.25) is 0 Å². The number of aryl methyl sites for hydroxylation is 2. The van der Waals surface area contributed by atoms with Crippen LogP contribution in [0.4, 0.5) is 0 Å². The van der Waals surface area contributed by atoms with Crippen molar-refractivity contribution in [2.75, 3.05) is 0 Å². The maximum atomic E-state index is 5.93. The third-order valence-electron chi connectivity index (χ3n) is 3.60. The normalized spacial score (nSPS) is 11.3. The number of thiazole rings is 1. The van der Waals surface area contributed by atoms with Gasteiger partial charge in [-0.15, -0.1) is 11.3 Å². The molecule has 0 amide bonds. The zero-order valence-corrected chi connectivity index (χ0v) is 12.6. The fourth-order valence-corrected chi connectivity index (χ4v) is 3.33. The lowest BCUT2D eigenvalue weighted by atomic mass is 10.2. The van der Waals surface area contributed by atoms with Crippen molar-refractivity contribution in [3.05, 3.63) is 53.5 Å². The summed E-state index contributed by atoms with van der Waals surface area (Å²) < 4.78 is 8.01. The van der Waals surface area contributed by atoms with Crippen molar-refractivity contribution < 1.29 is 4.42 Å². The second-order valence-corrected chi connectivity index (χ2v) is 6.05. The van der Waals surface area contributed by atoms with Crippen molar-refractivity contribution in [2.45, 2.75) is 6.92 Å². The van der Waals surface area contributed by atoms with E-state index in [0.717, 1.165) is 33.1 Å². The largest absolute Gasteiger partial charge is 0.454 e. The van der Waals surface area contributed by atoms with Gasteiger partial charge >= 0.3 is 0 Å². The van der Waals surface area contributed by atoms with Gasteiger partial charge in [0.05, 0.1) is 5.69 Å². The molecule has 4 aromatic rings. The molecule has 0 spiro atoms. The third-order valence-corrected chi connectivity index (χ3v) is 4.46. The van der Waals surface area contributed by atoms with E-state index >= 15 is 0 Å². The van der Waals surface area contributed by atoms with E-state index in [1.165, 1.54) is 5.56 Å². The lowest BCUT2D eigenvalue weighted by Crippen LogP contribution is -1.88. The van der Waals surface area contributed by atoms with E-state index in [1.54, 1.807) is 11.3 Å². The molecule has 0 radical (unpaired) electrons. The number of fused-ring (bicyclic) bond motifs is 1. The Morgan fingerprint density at radius 1 is 1.19 bits per heavy atom. The fourth-order valence-electron chi connectivity index (χ4n) is 2.45. The Labute approximate surface area is 126 Å². The van der Waals surface area contributed by atoms with E-state index in [1.807, 2.05) is 24.7 Å². The summed E-state index contributed by atoms with van der Waals surface area (Å²) in [6, 6.07) is 12.4. The number of nitrogens with zero attached hydrogens (tertiary/aromatic N) is 2. The highest BCUT2D eigenvalue weighted by Gasteiger charge is 2.12. The molecule has 4 heteroatoms. The molecule has 1 aromatic carbocycles. The Morgan fingerprint density at radius 2 is 2.10 bits per heavy atom. The van der Waals surface area contributed by atoms with Crippen LogP contribution in [-0.2, 0) is 7.05 Å². The van der Waals surface area contributed by atoms with Crippen LogP contribution in [0.25, 0.3) is 33.1 Å². The van der Waals surface area contributed by atoms with Gasteiger partial charge in [-0.25, -0.2) is 4.98 Å². The third kappa shape index (κ3) is 2.08. The highest BCUT2D eigenvalue weighted by molar-refractivity contribution is 7.13. The number of hydrogen-bond acceptors (Lipinski definition) is 3. The van der Waals surface area contributed by atoms with Crippen LogP contribution in [0.5, 0.6) is 0 Å². The van der Waals surface area contributed by atoms with Gasteiger partial charge in [-0.2, -0.15) is 0 Å². The lowest BCUT2D eigenvalue weighted by Gasteiger charge is -1.97. The van der Waals surface area contributed by atoms with Gasteiger partial charge < -0.3 is 8.98 Å². The average molecular weight is 294 g/mol. The molecule has 21 heavy (non-hydrogen) atoms. The SMILES string of the molecule is Cc1ccc2cc(-c3csc(-c4cccn4C)n3)oc2c1. The molecule has 0 N–H and O–H groups in total. The molecule has 0 aliphatic carbocycles. The number of benzene rings is 1. The first-order valence-corrected chi connectivity index (χ1v) is 7.66. The molecule has 3 aromatic heterocycles. The second-order valence-electron chi connectivity index (χ2n) is 5.19. The Balaban J connectivity index is 1.79. The minimum atomic E-state index is 0.826. The molecular formula is C17H14N2OS. The van der Waals surface area contributed by atoms with E-state index in [9.17, 15) is 0 Å². The monoisotopic (exact) mass is 294 g/mol. The van der Waals surface area contributed by atoms with Gasteiger partial charge in [-0.05, 0) is 36.8 Å². The minimum absolute atomic E-state index is 0.826. The van der Waals surface area contributed by atoms with Gasteiger partial charge in [0.2, 0.25) is 0 Å². The number of aromatic nitrogens is 2. The van der Waals surface area contributed by atoms with Crippen molar-refractivity contribution in [1.82, 2.24) is 9.55 Å². The summed E-state index contributed by atoms with van der Waals surface area (Å²) in [5, 5.41) is 4.17. The molecular weight excluding hydrogens is 280 g/mol. The van der Waals surface area contributed by atoms with Gasteiger partial charge in [0.25, 0.3) is 0 Å². The van der Waals surface area contributed by atoms with Crippen molar-refractivity contribution in [2.24, 2.45) is 7.05 Å². The smallest absolute Gasteiger partial charge is 0.154 e. The Bertz CT molecular complexity index is 929. The first kappa shape index (κ1) is 12.4. The maximum absolute atomic E-state index is 5.93. The summed E-state index contributed by atoms with van der Waals surface area (Å²) >= 11 is 1.64. The molecule has 0 aliphatic heterocycles. The average Bonchev–Trinajstić information content (AvgIpc) is 3.15. The Hall–Kier alpha value is -2.33. The standard InChI is InChI=1S/C17H14N2OS/c1-11-5-6-12-9-16(20-15(12)8-11)13-10-21-17(18-13)14-4-3-7-19(14)2/h3-10H,1-2H3. The molecule has 0 bridgehead atoms. The maximum Gasteiger partial charge on any atom is 0.154 e. The number of rotatable bonds is 2. The molecule has 0 saturated heterocycles. The lowest BCUT2D eigenvalue weighted by molar-refractivity contribution is 0.629. The first-order chi connectivity index (χ1) is 10.2. The van der Waals surface area contributed by atoms with Gasteiger partial charge in [0.1, 0.15) is 16.3 Å². The molecule has 0 aliphatic rings. The van der Waals surface area contributed by atoms with Crippen LogP contribution in [0.3, 0.4) is 0 Å². The van der Waals surface area contributed by atoms with Gasteiger partial charge in [0.15, 0.2) is 5.76 Å². The van der Waals surface area contributed by atoms with Crippen LogP contribution in [0.1, 0.15) is 5.56 Å². The summed E-state index contributed by atoms with van der Waals surface area (Å²) in [6.45, 7) is 2.07. The van der Waals surface area contributed by atoms with E-state index in [2.05, 4.69) is 41.8 Å². The molecule has 3 heterocycles. The zero-order chi connectivity index (χ0) is 14.4. The topological polar surface area (TPSA) is 31.0 Å². The van der Waals surface area contributed by atoms with Crippen LogP contribution < -0.4 is 0 Å². The summed E-state index contributed by atoms with van der Waals surface area (Å²) in [6.07, 6.45) is 2.03. The van der Waals surface area contributed by atoms with Crippen LogP contribution >= 0.6 is 11.3 Å². The van der Waals surface area contributed by atoms with Crippen molar-refractivity contribution in [3.63, 3.8) is 0 Å². The molecule has 0 saturated carbocycles. The molecule has 3 nitrogen and oxygen atoms in total. The molecule has 0 atom stereocenters. The summed E-state index contributed by atoms with van der Waals surface area (Å²) in [7, 11) is 2.03. The summed E-state index contributed by atoms with van der Waals surface area (Å²) in [4.78, 5) is 4.71. The number of hydrogen-bond donors (Lipinski definition) is 0. The van der Waals surface area contributed by atoms with Gasteiger partial charge in [0, 0.05) is 24.0 Å². The predicted molar refractivity (Wildman–Crippen MR) is 86.5 cm³/mol. The fraction of sp³-hybridized carbons (Fsp3) is 0.118. The van der Waals surface area contributed by atoms with E-state index < -0.39 is 0 Å². The number of furan rings is 1. The van der Waals surface area contributed by atoms with E-state index in [0.29, 0.717) is 0 Å². The van der Waals surface area contributed by atoms with E-state index in [4.69, 9.17) is 9.40 Å². The summed E-state index contributed by atoms with van der Waals surface area (Å²) in [5.74, 6) is 0.826. The van der Waals surface area contributed by atoms with Crippen LogP contribution in [-0.4, -0.2) is 9.55 Å². The highest BCUT2D eigenvalue weighted by Crippen LogP contribution is 2.32. The van der Waals surface area contributed by atoms with Crippen molar-refractivity contribution in [3.8, 4) is 22.2 Å². The van der Waals surface area contributed by atoms with Crippen LogP contribution in [0.2, 0.25) is 0 Å². The first-order valence-electron chi connectivity index (χ1n) is 6.78. The molecule has 0 unspecified atom stereocenters. The zero-order valence-electron chi connectivity index (χ0n) is 11.8. The minimum Gasteiger partial charge on any atom is -0.454 e. The Morgan fingerprint density at radius 3 is 2.90 bits per heavy atom. The van der Waals surface area contributed by atoms with Crippen LogP contribution in [0, 0.1) is 6.92 Å². The quantitative estimate of drug-likeness (QED) is 0.528. The molecule has 0 fully saturated rings. The Kier molecular flexibility index (Phi) is 2.72. The van der Waals surface area contributed by atoms with Gasteiger partial charge in [-0.1, -0.05) is 12.1 Å². The highest BCUT2D eigenvalue weighted by atomic mass is 32.1. The second kappa shape index (κ2) is 4.60. The van der Waals surface area contributed by atoms with Crippen LogP contribution in [0.15, 0.2) is 52.4 Å². The summed E-state index contributed by atoms with van der Waals surface area (Å²) in [5.41, 5.74) is 4.13. The molecule has 104 valence electrons. The van der Waals surface area contributed by atoms with Crippen molar-refractivity contribution in [1.29, 1.82) is 0 Å².